The first kappa shape index (κ1) is 27.4. The van der Waals surface area contributed by atoms with E-state index in [-0.39, 0.29) is 18.7 Å². The monoisotopic (exact) mass is 568 g/mol. The fourth-order valence-corrected chi connectivity index (χ4v) is 5.54. The van der Waals surface area contributed by atoms with Crippen molar-refractivity contribution >= 4 is 29.4 Å². The molecule has 4 N–H and O–H groups in total. The fourth-order valence-electron chi connectivity index (χ4n) is 4.87. The number of aromatic nitrogens is 2. The van der Waals surface area contributed by atoms with Crippen LogP contribution in [0.1, 0.15) is 23.7 Å². The number of benzene rings is 2. The molecule has 39 heavy (non-hydrogen) atoms. The Morgan fingerprint density at radius 3 is 2.51 bits per heavy atom. The van der Waals surface area contributed by atoms with Crippen LogP contribution in [0.25, 0.3) is 22.4 Å². The molecule has 5 rings (SSSR count). The first-order valence-electron chi connectivity index (χ1n) is 12.6. The highest BCUT2D eigenvalue weighted by Crippen LogP contribution is 2.41. The molecule has 1 saturated heterocycles. The SMILES string of the molecule is COC1=C(CN2CC[C@H](O)C2)N=CC(c2cccc(-c3cccc(-c4cnc(CN)c(OC)n4)c3Cl)c2Cl)N1. The molecule has 204 valence electrons. The minimum atomic E-state index is -0.304. The van der Waals surface area contributed by atoms with Crippen LogP contribution < -0.4 is 15.8 Å². The van der Waals surface area contributed by atoms with Crippen molar-refractivity contribution in [1.29, 1.82) is 0 Å². The van der Waals surface area contributed by atoms with Crippen LogP contribution in [0.4, 0.5) is 0 Å². The van der Waals surface area contributed by atoms with E-state index in [1.807, 2.05) is 42.6 Å². The second-order valence-electron chi connectivity index (χ2n) is 9.35. The Labute approximate surface area is 237 Å². The van der Waals surface area contributed by atoms with Crippen molar-refractivity contribution in [3.05, 3.63) is 75.5 Å². The highest BCUT2D eigenvalue weighted by atomic mass is 35.5. The van der Waals surface area contributed by atoms with Gasteiger partial charge in [-0.15, -0.1) is 0 Å². The van der Waals surface area contributed by atoms with Crippen molar-refractivity contribution in [3.8, 4) is 28.3 Å². The average molecular weight is 569 g/mol. The first-order chi connectivity index (χ1) is 18.9. The summed E-state index contributed by atoms with van der Waals surface area (Å²) in [5.41, 5.74) is 10.7. The Hall–Kier alpha value is -3.21. The van der Waals surface area contributed by atoms with Gasteiger partial charge in [0.2, 0.25) is 11.8 Å². The molecule has 2 aliphatic rings. The number of methoxy groups -OCH3 is 2. The van der Waals surface area contributed by atoms with E-state index in [1.54, 1.807) is 13.3 Å². The van der Waals surface area contributed by atoms with Gasteiger partial charge in [0.15, 0.2) is 0 Å². The Morgan fingerprint density at radius 1 is 1.08 bits per heavy atom. The lowest BCUT2D eigenvalue weighted by Crippen LogP contribution is -2.32. The number of likely N-dealkylation sites (tertiary alicyclic amines) is 1. The number of ether oxygens (including phenoxy) is 2. The van der Waals surface area contributed by atoms with Gasteiger partial charge in [-0.3, -0.25) is 14.9 Å². The number of hydrogen-bond acceptors (Lipinski definition) is 9. The van der Waals surface area contributed by atoms with E-state index in [1.165, 1.54) is 7.11 Å². The second-order valence-corrected chi connectivity index (χ2v) is 10.1. The molecule has 2 aliphatic heterocycles. The zero-order valence-corrected chi connectivity index (χ0v) is 23.2. The van der Waals surface area contributed by atoms with E-state index in [9.17, 15) is 5.11 Å². The molecule has 0 aliphatic carbocycles. The zero-order valence-electron chi connectivity index (χ0n) is 21.7. The summed E-state index contributed by atoms with van der Waals surface area (Å²) in [6.45, 7) is 2.26. The largest absolute Gasteiger partial charge is 0.481 e. The van der Waals surface area contributed by atoms with E-state index in [0.717, 1.165) is 35.4 Å². The number of rotatable bonds is 8. The lowest BCUT2D eigenvalue weighted by molar-refractivity contribution is 0.177. The maximum atomic E-state index is 9.86. The van der Waals surface area contributed by atoms with E-state index in [0.29, 0.717) is 51.8 Å². The lowest BCUT2D eigenvalue weighted by Gasteiger charge is -2.26. The number of nitrogens with zero attached hydrogens (tertiary/aromatic N) is 4. The molecule has 0 saturated carbocycles. The molecule has 9 nitrogen and oxygen atoms in total. The van der Waals surface area contributed by atoms with Crippen LogP contribution in [0, 0.1) is 0 Å². The molecule has 11 heteroatoms. The molecule has 0 bridgehead atoms. The van der Waals surface area contributed by atoms with Crippen molar-refractivity contribution in [2.45, 2.75) is 25.1 Å². The number of aliphatic hydroxyl groups excluding tert-OH is 1. The summed E-state index contributed by atoms with van der Waals surface area (Å²) in [5, 5.41) is 14.3. The van der Waals surface area contributed by atoms with Crippen molar-refractivity contribution in [2.24, 2.45) is 10.7 Å². The van der Waals surface area contributed by atoms with Gasteiger partial charge in [-0.25, -0.2) is 4.98 Å². The highest BCUT2D eigenvalue weighted by molar-refractivity contribution is 6.38. The minimum Gasteiger partial charge on any atom is -0.481 e. The Morgan fingerprint density at radius 2 is 1.82 bits per heavy atom. The molecule has 0 amide bonds. The molecule has 1 aromatic heterocycles. The normalized spacial score (nSPS) is 19.3. The molecule has 0 radical (unpaired) electrons. The van der Waals surface area contributed by atoms with Gasteiger partial charge in [0.05, 0.1) is 48.3 Å². The van der Waals surface area contributed by atoms with Gasteiger partial charge in [-0.1, -0.05) is 59.6 Å². The number of halogens is 2. The minimum absolute atomic E-state index is 0.216. The van der Waals surface area contributed by atoms with E-state index in [2.05, 4.69) is 20.2 Å². The summed E-state index contributed by atoms with van der Waals surface area (Å²) < 4.78 is 11.0. The Kier molecular flexibility index (Phi) is 8.34. The quantitative estimate of drug-likeness (QED) is 0.370. The topological polar surface area (TPSA) is 118 Å². The smallest absolute Gasteiger partial charge is 0.237 e. The van der Waals surface area contributed by atoms with E-state index >= 15 is 0 Å². The molecular formula is C28H30Cl2N6O3. The Balaban J connectivity index is 1.44. The maximum Gasteiger partial charge on any atom is 0.237 e. The molecule has 3 aromatic rings. The molecule has 0 spiro atoms. The summed E-state index contributed by atoms with van der Waals surface area (Å²) in [5.74, 6) is 0.945. The van der Waals surface area contributed by atoms with Crippen molar-refractivity contribution in [2.75, 3.05) is 33.9 Å². The first-order valence-corrected chi connectivity index (χ1v) is 13.3. The van der Waals surface area contributed by atoms with Gasteiger partial charge < -0.3 is 25.6 Å². The van der Waals surface area contributed by atoms with Crippen LogP contribution in [-0.4, -0.2) is 66.1 Å². The number of nitrogens with one attached hydrogen (secondary N) is 1. The number of β-amino-alcohol motifs (C(OH)–C–C–N with tert-alkyl or cyclic N) is 1. The summed E-state index contributed by atoms with van der Waals surface area (Å²) in [6.07, 6.45) is 3.93. The fraction of sp³-hybridized carbons (Fsp3) is 0.321. The third-order valence-corrected chi connectivity index (χ3v) is 7.71. The average Bonchev–Trinajstić information content (AvgIpc) is 3.37. The molecule has 2 aromatic carbocycles. The third-order valence-electron chi connectivity index (χ3n) is 6.88. The standard InChI is InChI=1S/C28H30Cl2N6O3/c1-38-27-21(11-31)32-12-22(34-27)19-7-3-5-17(25(19)29)18-6-4-8-20(26(18)30)23-13-33-24(28(35-23)39-2)15-36-10-9-16(37)14-36/h3-8,12-13,16,23,35,37H,9-11,14-15,31H2,1-2H3/t16-,23?/m0/s1. The summed E-state index contributed by atoms with van der Waals surface area (Å²) in [4.78, 5) is 15.8. The van der Waals surface area contributed by atoms with E-state index in [4.69, 9.17) is 43.4 Å². The number of nitrogens with two attached hydrogens (primary N) is 1. The molecule has 2 atom stereocenters. The molecular weight excluding hydrogens is 539 g/mol. The van der Waals surface area contributed by atoms with Crippen LogP contribution in [-0.2, 0) is 11.3 Å². The second kappa shape index (κ2) is 11.9. The van der Waals surface area contributed by atoms with Gasteiger partial charge in [-0.05, 0) is 12.0 Å². The summed E-state index contributed by atoms with van der Waals surface area (Å²) in [7, 11) is 3.14. The van der Waals surface area contributed by atoms with Crippen LogP contribution in [0.15, 0.2) is 59.2 Å². The lowest BCUT2D eigenvalue weighted by atomic mass is 9.97. The van der Waals surface area contributed by atoms with Crippen LogP contribution >= 0.6 is 23.2 Å². The highest BCUT2D eigenvalue weighted by Gasteiger charge is 2.26. The number of hydrogen-bond donors (Lipinski definition) is 3. The third kappa shape index (κ3) is 5.59. The summed E-state index contributed by atoms with van der Waals surface area (Å²) >= 11 is 13.9. The van der Waals surface area contributed by atoms with Crippen LogP contribution in [0.5, 0.6) is 5.88 Å². The van der Waals surface area contributed by atoms with Gasteiger partial charge in [0.1, 0.15) is 11.4 Å². The zero-order chi connectivity index (χ0) is 27.5. The Bertz CT molecular complexity index is 1430. The predicted octanol–water partition coefficient (Wildman–Crippen LogP) is 4.18. The van der Waals surface area contributed by atoms with Crippen molar-refractivity contribution in [3.63, 3.8) is 0 Å². The van der Waals surface area contributed by atoms with Crippen LogP contribution in [0.2, 0.25) is 10.0 Å². The van der Waals surface area contributed by atoms with Gasteiger partial charge in [0, 0.05) is 49.1 Å². The molecule has 1 unspecified atom stereocenters. The predicted molar refractivity (Wildman–Crippen MR) is 153 cm³/mol. The number of aliphatic hydroxyl groups is 1. The number of aliphatic imine (C=N–C) groups is 1. The van der Waals surface area contributed by atoms with Gasteiger partial charge in [-0.2, -0.15) is 0 Å². The van der Waals surface area contributed by atoms with Gasteiger partial charge >= 0.3 is 0 Å². The molecule has 3 heterocycles. The molecule has 1 fully saturated rings. The van der Waals surface area contributed by atoms with Crippen molar-refractivity contribution in [1.82, 2.24) is 20.2 Å². The summed E-state index contributed by atoms with van der Waals surface area (Å²) in [6, 6.07) is 11.2. The van der Waals surface area contributed by atoms with Gasteiger partial charge in [0.25, 0.3) is 0 Å². The van der Waals surface area contributed by atoms with Crippen molar-refractivity contribution < 1.29 is 14.6 Å². The maximum absolute atomic E-state index is 9.86. The van der Waals surface area contributed by atoms with E-state index < -0.39 is 0 Å². The van der Waals surface area contributed by atoms with Crippen LogP contribution in [0.3, 0.4) is 0 Å².